The second-order valence-electron chi connectivity index (χ2n) is 15.4. The molecule has 1 heterocycles. The van der Waals surface area contributed by atoms with Crippen molar-refractivity contribution in [2.75, 3.05) is 4.90 Å². The molecule has 1 aliphatic carbocycles. The van der Waals surface area contributed by atoms with Crippen LogP contribution in [0.3, 0.4) is 0 Å². The molecule has 0 aliphatic heterocycles. The Morgan fingerprint density at radius 1 is 0.349 bits per heavy atom. The zero-order valence-corrected chi connectivity index (χ0v) is 33.6. The monoisotopic (exact) mass is 815 g/mol. The predicted octanol–water partition coefficient (Wildman–Crippen LogP) is 16.4. The normalized spacial score (nSPS) is 15.2. The Bertz CT molecular complexity index is 4030. The van der Waals surface area contributed by atoms with Crippen molar-refractivity contribution in [3.05, 3.63) is 271 Å². The summed E-state index contributed by atoms with van der Waals surface area (Å²) in [6.45, 7) is 0. The quantitative estimate of drug-likeness (QED) is 0.152. The Kier molecular flexibility index (Phi) is 6.26. The van der Waals surface area contributed by atoms with Crippen LogP contribution in [0.1, 0.15) is 38.7 Å². The van der Waals surface area contributed by atoms with E-state index in [0.717, 1.165) is 38.1 Å². The van der Waals surface area contributed by atoms with Gasteiger partial charge in [-0.1, -0.05) is 206 Å². The first kappa shape index (κ1) is 26.2. The van der Waals surface area contributed by atoms with Gasteiger partial charge in [0.25, 0.3) is 0 Å². The van der Waals surface area contributed by atoms with E-state index in [1.54, 1.807) is 54.6 Å². The molecule has 12 rings (SSSR count). The number of hydrogen-bond donors (Lipinski definition) is 0. The van der Waals surface area contributed by atoms with Gasteiger partial charge in [-0.05, 0) is 104 Å². The van der Waals surface area contributed by atoms with Crippen molar-refractivity contribution in [2.24, 2.45) is 0 Å². The minimum atomic E-state index is -0.860. The zero-order valence-electron chi connectivity index (χ0n) is 45.6. The van der Waals surface area contributed by atoms with Crippen LogP contribution in [0.4, 0.5) is 17.1 Å². The molecule has 0 N–H and O–H groups in total. The fourth-order valence-electron chi connectivity index (χ4n) is 9.25. The van der Waals surface area contributed by atoms with Gasteiger partial charge in [0, 0.05) is 33.4 Å². The molecule has 0 fully saturated rings. The highest BCUT2D eigenvalue weighted by Crippen LogP contribution is 2.58. The summed E-state index contributed by atoms with van der Waals surface area (Å²) < 4.78 is 123. The third kappa shape index (κ3) is 5.95. The second-order valence-corrected chi connectivity index (χ2v) is 15.4. The molecular weight excluding hydrogens is 763 g/mol. The van der Waals surface area contributed by atoms with E-state index in [9.17, 15) is 16.4 Å². The van der Waals surface area contributed by atoms with E-state index in [2.05, 4.69) is 30.3 Å². The maximum absolute atomic E-state index is 9.96. The second kappa shape index (κ2) is 15.1. The Labute approximate surface area is 384 Å². The Morgan fingerprint density at radius 2 is 0.810 bits per heavy atom. The molecule has 0 atom stereocenters. The maximum atomic E-state index is 9.96. The Balaban J connectivity index is 1.14. The van der Waals surface area contributed by atoms with Crippen molar-refractivity contribution in [1.82, 2.24) is 0 Å². The number of fused-ring (bicyclic) bond motifs is 6. The van der Waals surface area contributed by atoms with Gasteiger partial charge in [0.15, 0.2) is 0 Å². The van der Waals surface area contributed by atoms with Crippen LogP contribution in [0, 0.1) is 0 Å². The smallest absolute Gasteiger partial charge is 0.143 e. The highest BCUT2D eigenvalue weighted by Gasteiger charge is 2.46. The molecule has 0 spiro atoms. The van der Waals surface area contributed by atoms with Gasteiger partial charge in [-0.3, -0.25) is 0 Å². The summed E-state index contributed by atoms with van der Waals surface area (Å²) in [7, 11) is 0. The zero-order chi connectivity index (χ0) is 52.2. The summed E-state index contributed by atoms with van der Waals surface area (Å²) in [5, 5.41) is 1.45. The minimum absolute atomic E-state index is 0.0571. The number of hydrogen-bond acceptors (Lipinski definition) is 2. The van der Waals surface area contributed by atoms with Crippen LogP contribution in [0.15, 0.2) is 253 Å². The van der Waals surface area contributed by atoms with Crippen LogP contribution in [-0.2, 0) is 5.41 Å². The van der Waals surface area contributed by atoms with Gasteiger partial charge in [0.1, 0.15) is 11.2 Å². The molecule has 0 saturated heterocycles. The molecule has 0 saturated carbocycles. The molecule has 0 bridgehead atoms. The molecule has 10 aromatic carbocycles. The molecule has 0 amide bonds. The number of rotatable bonds is 8. The van der Waals surface area contributed by atoms with Crippen molar-refractivity contribution in [3.63, 3.8) is 0 Å². The average molecular weight is 816 g/mol. The Morgan fingerprint density at radius 3 is 1.46 bits per heavy atom. The van der Waals surface area contributed by atoms with Gasteiger partial charge in [-0.25, -0.2) is 0 Å². The van der Waals surface area contributed by atoms with Gasteiger partial charge < -0.3 is 9.32 Å². The first-order valence-electron chi connectivity index (χ1n) is 26.7. The highest BCUT2D eigenvalue weighted by atomic mass is 16.3. The summed E-state index contributed by atoms with van der Waals surface area (Å²) in [5.41, 5.74) is 4.22. The van der Waals surface area contributed by atoms with E-state index in [-0.39, 0.29) is 22.3 Å². The van der Waals surface area contributed by atoms with Crippen LogP contribution in [0.5, 0.6) is 0 Å². The van der Waals surface area contributed by atoms with E-state index in [1.165, 1.54) is 0 Å². The van der Waals surface area contributed by atoms with E-state index in [1.807, 2.05) is 91.0 Å². The van der Waals surface area contributed by atoms with Crippen molar-refractivity contribution >= 4 is 39.0 Å². The predicted molar refractivity (Wildman–Crippen MR) is 262 cm³/mol. The summed E-state index contributed by atoms with van der Waals surface area (Å²) in [6.07, 6.45) is 0. The largest absolute Gasteiger partial charge is 0.455 e. The lowest BCUT2D eigenvalue weighted by molar-refractivity contribution is 0.670. The third-order valence-corrected chi connectivity index (χ3v) is 12.0. The van der Waals surface area contributed by atoms with Crippen molar-refractivity contribution in [2.45, 2.75) is 5.41 Å². The van der Waals surface area contributed by atoms with Crippen LogP contribution >= 0.6 is 0 Å². The molecule has 1 aromatic heterocycles. The fourth-order valence-corrected chi connectivity index (χ4v) is 9.25. The van der Waals surface area contributed by atoms with Crippen LogP contribution in [0.2, 0.25) is 0 Å². The summed E-state index contributed by atoms with van der Waals surface area (Å²) in [5.74, 6) is 0. The molecule has 0 unspecified atom stereocenters. The third-order valence-electron chi connectivity index (χ3n) is 12.0. The molecule has 63 heavy (non-hydrogen) atoms. The molecule has 2 heteroatoms. The lowest BCUT2D eigenvalue weighted by Crippen LogP contribution is -2.28. The SMILES string of the molecule is [2H]c1c([2H])c(N(c2c([2H])c([2H])c(-c3cccc4c3-c3ccccc3C4(c3ccccc3)c3ccccc3)c([2H])c2[2H])c2c([2H])c([2H])c(-c3cccc4c3oc3ccccc34)c([2H])c2[2H])c([2H])c([2H])c1-c1ccccc1. The van der Waals surface area contributed by atoms with E-state index < -0.39 is 95.0 Å². The first-order valence-corrected chi connectivity index (χ1v) is 20.7. The minimum Gasteiger partial charge on any atom is -0.455 e. The number of furan rings is 1. The van der Waals surface area contributed by atoms with Crippen molar-refractivity contribution in [3.8, 4) is 44.5 Å². The number of benzene rings is 10. The summed E-state index contributed by atoms with van der Waals surface area (Å²) in [4.78, 5) is 0.854. The number of nitrogens with zero attached hydrogens (tertiary/aromatic N) is 1. The molecule has 1 aliphatic rings. The maximum Gasteiger partial charge on any atom is 0.143 e. The number of para-hydroxylation sites is 2. The lowest BCUT2D eigenvalue weighted by Gasteiger charge is -2.34. The van der Waals surface area contributed by atoms with Gasteiger partial charge in [0.05, 0.1) is 21.9 Å². The lowest BCUT2D eigenvalue weighted by atomic mass is 9.67. The Hall–Kier alpha value is -8.20. The molecule has 11 aromatic rings. The van der Waals surface area contributed by atoms with Crippen molar-refractivity contribution < 1.29 is 20.9 Å². The molecule has 2 nitrogen and oxygen atoms in total. The van der Waals surface area contributed by atoms with Crippen LogP contribution in [0.25, 0.3) is 66.4 Å². The summed E-state index contributed by atoms with van der Waals surface area (Å²) in [6, 6.07) is 47.2. The molecule has 0 radical (unpaired) electrons. The number of anilines is 3. The topological polar surface area (TPSA) is 16.4 Å². The molecular formula is C61H41NO. The van der Waals surface area contributed by atoms with Crippen LogP contribution < -0.4 is 4.90 Å². The van der Waals surface area contributed by atoms with Gasteiger partial charge in [-0.15, -0.1) is 0 Å². The van der Waals surface area contributed by atoms with E-state index in [0.29, 0.717) is 33.2 Å². The van der Waals surface area contributed by atoms with E-state index >= 15 is 0 Å². The molecule has 296 valence electrons. The van der Waals surface area contributed by atoms with Crippen molar-refractivity contribution in [1.29, 1.82) is 0 Å². The van der Waals surface area contributed by atoms with Gasteiger partial charge in [0.2, 0.25) is 0 Å². The van der Waals surface area contributed by atoms with Gasteiger partial charge >= 0.3 is 0 Å². The fraction of sp³-hybridized carbons (Fsp3) is 0.0164. The highest BCUT2D eigenvalue weighted by molar-refractivity contribution is 6.09. The first-order chi connectivity index (χ1) is 36.3. The average Bonchev–Trinajstić information content (AvgIpc) is 4.01. The summed E-state index contributed by atoms with van der Waals surface area (Å²) >= 11 is 0. The standard InChI is InChI=1S/C61H41NO/c1-4-16-42(17-5-1)43-30-36-48(37-31-43)62(50-40-34-45(35-41-50)52-25-14-26-54-53-22-11-13-29-58(53)63-60(52)54)49-38-32-44(33-39-49)51-24-15-28-57-59(51)55-23-10-12-27-56(55)61(57,46-18-6-2-7-19-46)47-20-8-3-9-21-47/h1-41H/i30D,31D,32D,33D,34D,35D,36D,37D,38D,39D,40D,41D. The van der Waals surface area contributed by atoms with E-state index in [4.69, 9.17) is 4.42 Å². The van der Waals surface area contributed by atoms with Crippen LogP contribution in [-0.4, -0.2) is 0 Å². The van der Waals surface area contributed by atoms with Gasteiger partial charge in [-0.2, -0.15) is 0 Å².